The van der Waals surface area contributed by atoms with Gasteiger partial charge in [0.15, 0.2) is 0 Å². The lowest BCUT2D eigenvalue weighted by Crippen LogP contribution is -2.31. The number of amides is 1. The first-order chi connectivity index (χ1) is 6.15. The number of ketones is 1. The lowest BCUT2D eigenvalue weighted by molar-refractivity contribution is -0.128. The standard InChI is InChI=1S/C10H17NO2/c1-7(12)8-3-5-9(6-4-8)10(13)11-2/h8-9H,3-6H2,1-2H3,(H,11,13)/t8-,9-. The summed E-state index contributed by atoms with van der Waals surface area (Å²) in [7, 11) is 1.67. The summed E-state index contributed by atoms with van der Waals surface area (Å²) in [4.78, 5) is 22.3. The van der Waals surface area contributed by atoms with Gasteiger partial charge in [-0.3, -0.25) is 9.59 Å². The van der Waals surface area contributed by atoms with Crippen molar-refractivity contribution in [2.45, 2.75) is 32.6 Å². The maximum Gasteiger partial charge on any atom is 0.222 e. The van der Waals surface area contributed by atoms with Crippen LogP contribution in [0.2, 0.25) is 0 Å². The molecule has 74 valence electrons. The molecule has 0 aliphatic heterocycles. The molecule has 0 aromatic rings. The minimum absolute atomic E-state index is 0.127. The van der Waals surface area contributed by atoms with E-state index in [0.29, 0.717) is 0 Å². The quantitative estimate of drug-likeness (QED) is 0.697. The van der Waals surface area contributed by atoms with E-state index in [9.17, 15) is 9.59 Å². The minimum Gasteiger partial charge on any atom is -0.359 e. The molecular formula is C10H17NO2. The number of nitrogens with one attached hydrogen (secondary N) is 1. The molecule has 1 fully saturated rings. The van der Waals surface area contributed by atoms with E-state index >= 15 is 0 Å². The fraction of sp³-hybridized carbons (Fsp3) is 0.800. The molecule has 0 spiro atoms. The lowest BCUT2D eigenvalue weighted by Gasteiger charge is -2.25. The molecule has 0 aromatic heterocycles. The second kappa shape index (κ2) is 4.40. The first kappa shape index (κ1) is 10.2. The molecule has 0 saturated heterocycles. The predicted octanol–water partition coefficient (Wildman–Crippen LogP) is 1.13. The fourth-order valence-electron chi connectivity index (χ4n) is 1.97. The van der Waals surface area contributed by atoms with Crippen LogP contribution in [-0.4, -0.2) is 18.7 Å². The van der Waals surface area contributed by atoms with E-state index in [1.54, 1.807) is 14.0 Å². The van der Waals surface area contributed by atoms with Crippen molar-refractivity contribution in [2.75, 3.05) is 7.05 Å². The van der Waals surface area contributed by atoms with Crippen molar-refractivity contribution in [3.8, 4) is 0 Å². The smallest absolute Gasteiger partial charge is 0.222 e. The van der Waals surface area contributed by atoms with Crippen LogP contribution in [-0.2, 0) is 9.59 Å². The monoisotopic (exact) mass is 183 g/mol. The zero-order chi connectivity index (χ0) is 9.84. The van der Waals surface area contributed by atoms with Gasteiger partial charge in [0.05, 0.1) is 0 Å². The van der Waals surface area contributed by atoms with Crippen molar-refractivity contribution in [1.82, 2.24) is 5.32 Å². The van der Waals surface area contributed by atoms with Crippen molar-refractivity contribution in [3.63, 3.8) is 0 Å². The third-order valence-corrected chi connectivity index (χ3v) is 2.92. The van der Waals surface area contributed by atoms with Gasteiger partial charge in [-0.15, -0.1) is 0 Å². The first-order valence-corrected chi connectivity index (χ1v) is 4.87. The van der Waals surface area contributed by atoms with Crippen LogP contribution in [0.25, 0.3) is 0 Å². The summed E-state index contributed by atoms with van der Waals surface area (Å²) in [5, 5.41) is 2.65. The molecule has 1 N–H and O–H groups in total. The Kier molecular flexibility index (Phi) is 3.46. The Morgan fingerprint density at radius 1 is 1.08 bits per heavy atom. The van der Waals surface area contributed by atoms with E-state index in [1.807, 2.05) is 0 Å². The number of hydrogen-bond donors (Lipinski definition) is 1. The Labute approximate surface area is 78.9 Å². The van der Waals surface area contributed by atoms with E-state index in [0.717, 1.165) is 25.7 Å². The number of carbonyl (C=O) groups is 2. The van der Waals surface area contributed by atoms with Gasteiger partial charge < -0.3 is 5.32 Å². The Morgan fingerprint density at radius 3 is 1.92 bits per heavy atom. The summed E-state index contributed by atoms with van der Waals surface area (Å²) >= 11 is 0. The summed E-state index contributed by atoms with van der Waals surface area (Å²) in [6.45, 7) is 1.64. The summed E-state index contributed by atoms with van der Waals surface area (Å²) < 4.78 is 0. The molecule has 3 nitrogen and oxygen atoms in total. The van der Waals surface area contributed by atoms with Gasteiger partial charge in [-0.2, -0.15) is 0 Å². The molecule has 0 radical (unpaired) electrons. The van der Waals surface area contributed by atoms with Crippen molar-refractivity contribution >= 4 is 11.7 Å². The van der Waals surface area contributed by atoms with E-state index in [-0.39, 0.29) is 23.5 Å². The van der Waals surface area contributed by atoms with Gasteiger partial charge >= 0.3 is 0 Å². The number of carbonyl (C=O) groups excluding carboxylic acids is 2. The SMILES string of the molecule is CNC(=O)[C@H]1CC[C@H](C(C)=O)CC1. The summed E-state index contributed by atoms with van der Waals surface area (Å²) in [5.41, 5.74) is 0. The highest BCUT2D eigenvalue weighted by molar-refractivity contribution is 5.80. The highest BCUT2D eigenvalue weighted by Gasteiger charge is 2.27. The van der Waals surface area contributed by atoms with Crippen molar-refractivity contribution in [3.05, 3.63) is 0 Å². The lowest BCUT2D eigenvalue weighted by atomic mass is 9.80. The normalized spacial score (nSPS) is 28.2. The molecule has 13 heavy (non-hydrogen) atoms. The summed E-state index contributed by atoms with van der Waals surface area (Å²) in [6, 6.07) is 0. The van der Waals surface area contributed by atoms with Gasteiger partial charge in [0.2, 0.25) is 5.91 Å². The van der Waals surface area contributed by atoms with E-state index in [4.69, 9.17) is 0 Å². The largest absolute Gasteiger partial charge is 0.359 e. The van der Waals surface area contributed by atoms with Crippen LogP contribution in [0.3, 0.4) is 0 Å². The van der Waals surface area contributed by atoms with Crippen molar-refractivity contribution in [2.24, 2.45) is 11.8 Å². The topological polar surface area (TPSA) is 46.2 Å². The molecule has 1 aliphatic rings. The van der Waals surface area contributed by atoms with Gasteiger partial charge in [-0.25, -0.2) is 0 Å². The predicted molar refractivity (Wildman–Crippen MR) is 50.2 cm³/mol. The zero-order valence-electron chi connectivity index (χ0n) is 8.30. The van der Waals surface area contributed by atoms with Gasteiger partial charge in [0, 0.05) is 18.9 Å². The van der Waals surface area contributed by atoms with Gasteiger partial charge in [-0.05, 0) is 32.6 Å². The van der Waals surface area contributed by atoms with Crippen molar-refractivity contribution in [1.29, 1.82) is 0 Å². The number of hydrogen-bond acceptors (Lipinski definition) is 2. The Morgan fingerprint density at radius 2 is 1.54 bits per heavy atom. The van der Waals surface area contributed by atoms with Crippen LogP contribution >= 0.6 is 0 Å². The molecule has 0 heterocycles. The molecule has 0 aromatic carbocycles. The Hall–Kier alpha value is -0.860. The zero-order valence-corrected chi connectivity index (χ0v) is 8.30. The average Bonchev–Trinajstić information content (AvgIpc) is 2.17. The van der Waals surface area contributed by atoms with Crippen LogP contribution in [0.4, 0.5) is 0 Å². The molecule has 1 aliphatic carbocycles. The average molecular weight is 183 g/mol. The highest BCUT2D eigenvalue weighted by atomic mass is 16.1. The molecule has 1 amide bonds. The fourth-order valence-corrected chi connectivity index (χ4v) is 1.97. The van der Waals surface area contributed by atoms with E-state index in [2.05, 4.69) is 5.32 Å². The van der Waals surface area contributed by atoms with E-state index in [1.165, 1.54) is 0 Å². The van der Waals surface area contributed by atoms with Gasteiger partial charge in [0.25, 0.3) is 0 Å². The third-order valence-electron chi connectivity index (χ3n) is 2.92. The number of Topliss-reactive ketones (excluding diaryl/α,β-unsaturated/α-hetero) is 1. The molecule has 0 unspecified atom stereocenters. The molecule has 0 atom stereocenters. The molecule has 1 rings (SSSR count). The minimum atomic E-state index is 0.127. The van der Waals surface area contributed by atoms with Crippen LogP contribution in [0.15, 0.2) is 0 Å². The summed E-state index contributed by atoms with van der Waals surface area (Å²) in [5.74, 6) is 0.749. The number of rotatable bonds is 2. The Balaban J connectivity index is 2.39. The second-order valence-corrected chi connectivity index (χ2v) is 3.77. The highest BCUT2D eigenvalue weighted by Crippen LogP contribution is 2.29. The molecule has 0 bridgehead atoms. The van der Waals surface area contributed by atoms with Crippen LogP contribution < -0.4 is 5.32 Å². The van der Waals surface area contributed by atoms with E-state index < -0.39 is 0 Å². The van der Waals surface area contributed by atoms with Crippen LogP contribution in [0.5, 0.6) is 0 Å². The molecule has 3 heteroatoms. The molecule has 1 saturated carbocycles. The second-order valence-electron chi connectivity index (χ2n) is 3.77. The first-order valence-electron chi connectivity index (χ1n) is 4.87. The maximum atomic E-state index is 11.2. The van der Waals surface area contributed by atoms with Gasteiger partial charge in [-0.1, -0.05) is 0 Å². The summed E-state index contributed by atoms with van der Waals surface area (Å²) in [6.07, 6.45) is 3.49. The molecular weight excluding hydrogens is 166 g/mol. The van der Waals surface area contributed by atoms with Crippen LogP contribution in [0, 0.1) is 11.8 Å². The third kappa shape index (κ3) is 2.54. The Bertz CT molecular complexity index is 205. The van der Waals surface area contributed by atoms with Crippen LogP contribution in [0.1, 0.15) is 32.6 Å². The maximum absolute atomic E-state index is 11.2. The van der Waals surface area contributed by atoms with Gasteiger partial charge in [0.1, 0.15) is 5.78 Å². The van der Waals surface area contributed by atoms with Crippen molar-refractivity contribution < 1.29 is 9.59 Å².